The fraction of sp³-hybridized carbons (Fsp3) is 0.318. The highest BCUT2D eigenvalue weighted by Crippen LogP contribution is 2.28. The predicted molar refractivity (Wildman–Crippen MR) is 113 cm³/mol. The van der Waals surface area contributed by atoms with Crippen molar-refractivity contribution in [3.8, 4) is 11.3 Å². The van der Waals surface area contributed by atoms with Gasteiger partial charge in [-0.15, -0.1) is 0 Å². The lowest BCUT2D eigenvalue weighted by atomic mass is 10.1. The molecule has 140 valence electrons. The van der Waals surface area contributed by atoms with Crippen molar-refractivity contribution >= 4 is 17.5 Å². The third-order valence-corrected chi connectivity index (χ3v) is 4.60. The predicted octanol–water partition coefficient (Wildman–Crippen LogP) is 5.42. The summed E-state index contributed by atoms with van der Waals surface area (Å²) >= 11 is 0. The maximum atomic E-state index is 4.69. The zero-order valence-electron chi connectivity index (χ0n) is 16.7. The molecule has 5 nitrogen and oxygen atoms in total. The van der Waals surface area contributed by atoms with Crippen LogP contribution in [0.3, 0.4) is 0 Å². The van der Waals surface area contributed by atoms with Crippen LogP contribution in [0, 0.1) is 20.8 Å². The average Bonchev–Trinajstić information content (AvgIpc) is 2.65. The summed E-state index contributed by atoms with van der Waals surface area (Å²) in [7, 11) is 0. The normalized spacial score (nSPS) is 11.9. The van der Waals surface area contributed by atoms with Gasteiger partial charge in [-0.2, -0.15) is 4.98 Å². The van der Waals surface area contributed by atoms with Gasteiger partial charge in [-0.25, -0.2) is 4.98 Å². The zero-order valence-corrected chi connectivity index (χ0v) is 16.7. The number of aromatic nitrogens is 3. The maximum Gasteiger partial charge on any atom is 0.225 e. The molecule has 0 unspecified atom stereocenters. The van der Waals surface area contributed by atoms with E-state index in [0.717, 1.165) is 29.2 Å². The van der Waals surface area contributed by atoms with E-state index in [9.17, 15) is 0 Å². The number of nitrogens with one attached hydrogen (secondary N) is 2. The minimum Gasteiger partial charge on any atom is -0.352 e. The molecular weight excluding hydrogens is 334 g/mol. The second-order valence-electron chi connectivity index (χ2n) is 7.06. The quantitative estimate of drug-likeness (QED) is 0.614. The SMILES string of the molecule is CC[C@@H](C)Nc1nc(Nc2c(C)cc(C)cc2C)cc(-c2cccnc2)n1. The lowest BCUT2D eigenvalue weighted by Gasteiger charge is -2.17. The number of hydrogen-bond donors (Lipinski definition) is 2. The van der Waals surface area contributed by atoms with Crippen LogP contribution in [0.15, 0.2) is 42.7 Å². The van der Waals surface area contributed by atoms with Gasteiger partial charge in [0.25, 0.3) is 0 Å². The second-order valence-corrected chi connectivity index (χ2v) is 7.06. The van der Waals surface area contributed by atoms with Crippen molar-refractivity contribution in [2.45, 2.75) is 47.1 Å². The Labute approximate surface area is 161 Å². The molecule has 0 amide bonds. The average molecular weight is 361 g/mol. The Bertz CT molecular complexity index is 898. The topological polar surface area (TPSA) is 62.7 Å². The Morgan fingerprint density at radius 1 is 1.04 bits per heavy atom. The molecule has 5 heteroatoms. The second kappa shape index (κ2) is 8.16. The van der Waals surface area contributed by atoms with E-state index in [-0.39, 0.29) is 0 Å². The summed E-state index contributed by atoms with van der Waals surface area (Å²) < 4.78 is 0. The third-order valence-electron chi connectivity index (χ3n) is 4.60. The van der Waals surface area contributed by atoms with Crippen molar-refractivity contribution < 1.29 is 0 Å². The molecule has 0 saturated heterocycles. The van der Waals surface area contributed by atoms with Crippen LogP contribution in [-0.4, -0.2) is 21.0 Å². The van der Waals surface area contributed by atoms with Gasteiger partial charge in [0.15, 0.2) is 0 Å². The van der Waals surface area contributed by atoms with E-state index in [4.69, 9.17) is 4.98 Å². The monoisotopic (exact) mass is 361 g/mol. The summed E-state index contributed by atoms with van der Waals surface area (Å²) in [6.45, 7) is 10.6. The number of aryl methyl sites for hydroxylation is 3. The molecule has 2 heterocycles. The van der Waals surface area contributed by atoms with Gasteiger partial charge < -0.3 is 10.6 Å². The summed E-state index contributed by atoms with van der Waals surface area (Å²) in [5.41, 5.74) is 6.55. The molecular formula is C22H27N5. The molecule has 1 aromatic carbocycles. The van der Waals surface area contributed by atoms with Gasteiger partial charge in [-0.1, -0.05) is 24.6 Å². The van der Waals surface area contributed by atoms with Crippen molar-refractivity contribution in [1.29, 1.82) is 0 Å². The van der Waals surface area contributed by atoms with Crippen LogP contribution in [-0.2, 0) is 0 Å². The largest absolute Gasteiger partial charge is 0.352 e. The van der Waals surface area contributed by atoms with E-state index in [0.29, 0.717) is 12.0 Å². The number of benzene rings is 1. The third kappa shape index (κ3) is 4.61. The molecule has 0 aliphatic heterocycles. The summed E-state index contributed by atoms with van der Waals surface area (Å²) in [5.74, 6) is 1.39. The molecule has 3 aromatic rings. The van der Waals surface area contributed by atoms with Gasteiger partial charge in [-0.3, -0.25) is 4.98 Å². The molecule has 0 saturated carbocycles. The molecule has 27 heavy (non-hydrogen) atoms. The summed E-state index contributed by atoms with van der Waals surface area (Å²) in [6, 6.07) is 10.5. The fourth-order valence-corrected chi connectivity index (χ4v) is 3.07. The van der Waals surface area contributed by atoms with Crippen LogP contribution in [0.4, 0.5) is 17.5 Å². The van der Waals surface area contributed by atoms with Crippen LogP contribution in [0.2, 0.25) is 0 Å². The Kier molecular flexibility index (Phi) is 5.69. The standard InChI is InChI=1S/C22H27N5/c1-6-17(5)24-22-25-19(18-8-7-9-23-13-18)12-20(27-22)26-21-15(3)10-14(2)11-16(21)4/h7-13,17H,6H2,1-5H3,(H2,24,25,26,27)/t17-/m1/s1. The first-order valence-corrected chi connectivity index (χ1v) is 9.37. The van der Waals surface area contributed by atoms with Crippen LogP contribution in [0.1, 0.15) is 37.0 Å². The summed E-state index contributed by atoms with van der Waals surface area (Å²) in [4.78, 5) is 13.6. The van der Waals surface area contributed by atoms with E-state index in [1.165, 1.54) is 16.7 Å². The highest BCUT2D eigenvalue weighted by Gasteiger charge is 2.11. The zero-order chi connectivity index (χ0) is 19.4. The molecule has 1 atom stereocenters. The molecule has 2 N–H and O–H groups in total. The summed E-state index contributed by atoms with van der Waals surface area (Å²) in [5, 5.41) is 6.88. The van der Waals surface area contributed by atoms with E-state index in [1.54, 1.807) is 6.20 Å². The Balaban J connectivity index is 2.02. The van der Waals surface area contributed by atoms with E-state index in [1.807, 2.05) is 24.4 Å². The number of hydrogen-bond acceptors (Lipinski definition) is 5. The lowest BCUT2D eigenvalue weighted by Crippen LogP contribution is -2.16. The van der Waals surface area contributed by atoms with Crippen molar-refractivity contribution in [3.63, 3.8) is 0 Å². The van der Waals surface area contributed by atoms with Crippen LogP contribution >= 0.6 is 0 Å². The fourth-order valence-electron chi connectivity index (χ4n) is 3.07. The van der Waals surface area contributed by atoms with Crippen LogP contribution in [0.25, 0.3) is 11.3 Å². The molecule has 0 aliphatic carbocycles. The Morgan fingerprint density at radius 3 is 2.41 bits per heavy atom. The van der Waals surface area contributed by atoms with Gasteiger partial charge in [0.2, 0.25) is 5.95 Å². The highest BCUT2D eigenvalue weighted by atomic mass is 15.2. The highest BCUT2D eigenvalue weighted by molar-refractivity contribution is 5.70. The van der Waals surface area contributed by atoms with Crippen molar-refractivity contribution in [3.05, 3.63) is 59.4 Å². The molecule has 2 aromatic heterocycles. The van der Waals surface area contributed by atoms with Gasteiger partial charge in [0.05, 0.1) is 5.69 Å². The first-order chi connectivity index (χ1) is 13.0. The van der Waals surface area contributed by atoms with Gasteiger partial charge in [-0.05, 0) is 57.4 Å². The van der Waals surface area contributed by atoms with Crippen molar-refractivity contribution in [2.24, 2.45) is 0 Å². The van der Waals surface area contributed by atoms with Gasteiger partial charge in [0.1, 0.15) is 5.82 Å². The van der Waals surface area contributed by atoms with E-state index in [2.05, 4.69) is 67.4 Å². The van der Waals surface area contributed by atoms with Crippen molar-refractivity contribution in [2.75, 3.05) is 10.6 Å². The first kappa shape index (κ1) is 18.8. The summed E-state index contributed by atoms with van der Waals surface area (Å²) in [6.07, 6.45) is 4.59. The number of pyridine rings is 1. The molecule has 0 spiro atoms. The molecule has 0 fully saturated rings. The lowest BCUT2D eigenvalue weighted by molar-refractivity contribution is 0.753. The Morgan fingerprint density at radius 2 is 1.78 bits per heavy atom. The minimum absolute atomic E-state index is 0.296. The Hall–Kier alpha value is -2.95. The number of anilines is 3. The van der Waals surface area contributed by atoms with E-state index < -0.39 is 0 Å². The van der Waals surface area contributed by atoms with Crippen molar-refractivity contribution in [1.82, 2.24) is 15.0 Å². The van der Waals surface area contributed by atoms with E-state index >= 15 is 0 Å². The van der Waals surface area contributed by atoms with Crippen LogP contribution in [0.5, 0.6) is 0 Å². The van der Waals surface area contributed by atoms with Gasteiger partial charge in [0, 0.05) is 35.8 Å². The van der Waals surface area contributed by atoms with Crippen LogP contribution < -0.4 is 10.6 Å². The number of rotatable bonds is 6. The molecule has 0 aliphatic rings. The number of nitrogens with zero attached hydrogens (tertiary/aromatic N) is 3. The molecule has 3 rings (SSSR count). The molecule has 0 radical (unpaired) electrons. The molecule has 0 bridgehead atoms. The van der Waals surface area contributed by atoms with Gasteiger partial charge >= 0.3 is 0 Å². The maximum absolute atomic E-state index is 4.69. The smallest absolute Gasteiger partial charge is 0.225 e. The minimum atomic E-state index is 0.296. The first-order valence-electron chi connectivity index (χ1n) is 9.37.